The summed E-state index contributed by atoms with van der Waals surface area (Å²) in [5.74, 6) is 0.390. The number of nitrogens with zero attached hydrogens (tertiary/aromatic N) is 2. The summed E-state index contributed by atoms with van der Waals surface area (Å²) < 4.78 is 5.15. The monoisotopic (exact) mass is 397 g/mol. The largest absolute Gasteiger partial charge is 0.497 e. The third kappa shape index (κ3) is 6.24. The van der Waals surface area contributed by atoms with Gasteiger partial charge in [0.15, 0.2) is 0 Å². The number of rotatable bonds is 9. The van der Waals surface area contributed by atoms with Crippen molar-refractivity contribution in [3.05, 3.63) is 53.6 Å². The van der Waals surface area contributed by atoms with E-state index in [0.29, 0.717) is 6.54 Å². The quantitative estimate of drug-likeness (QED) is 0.698. The Hall–Kier alpha value is -3.02. The van der Waals surface area contributed by atoms with Gasteiger partial charge < -0.3 is 19.9 Å². The van der Waals surface area contributed by atoms with Gasteiger partial charge in [-0.15, -0.1) is 0 Å². The molecule has 0 aromatic heterocycles. The molecule has 0 bridgehead atoms. The molecule has 0 atom stereocenters. The van der Waals surface area contributed by atoms with Gasteiger partial charge in [0, 0.05) is 37.9 Å². The molecule has 0 radical (unpaired) electrons. The summed E-state index contributed by atoms with van der Waals surface area (Å²) in [6.45, 7) is 9.91. The fraction of sp³-hybridized carbons (Fsp3) is 0.391. The summed E-state index contributed by atoms with van der Waals surface area (Å²) in [7, 11) is 1.61. The van der Waals surface area contributed by atoms with Gasteiger partial charge in [0.2, 0.25) is 11.8 Å². The Labute approximate surface area is 173 Å². The Morgan fingerprint density at radius 1 is 1.03 bits per heavy atom. The lowest BCUT2D eigenvalue weighted by molar-refractivity contribution is -0.133. The van der Waals surface area contributed by atoms with E-state index < -0.39 is 0 Å². The fourth-order valence-electron chi connectivity index (χ4n) is 3.17. The molecule has 0 spiro atoms. The number of aryl methyl sites for hydroxylation is 1. The molecule has 0 saturated carbocycles. The highest BCUT2D eigenvalue weighted by atomic mass is 16.5. The standard InChI is InChI=1S/C23H31N3O3/c1-6-25(7-2)20-10-13-22(17(3)14-20)24-23(28)16-26(18(4)27)15-19-8-11-21(29-5)12-9-19/h8-14H,6-7,15-16H2,1-5H3,(H,24,28). The summed E-state index contributed by atoms with van der Waals surface area (Å²) in [5.41, 5.74) is 3.83. The van der Waals surface area contributed by atoms with E-state index in [1.807, 2.05) is 43.3 Å². The molecule has 6 heteroatoms. The van der Waals surface area contributed by atoms with Crippen LogP contribution < -0.4 is 15.0 Å². The first-order valence-corrected chi connectivity index (χ1v) is 9.91. The molecule has 0 fully saturated rings. The molecule has 2 aromatic rings. The first kappa shape index (κ1) is 22.3. The van der Waals surface area contributed by atoms with E-state index in [4.69, 9.17) is 4.74 Å². The summed E-state index contributed by atoms with van der Waals surface area (Å²) in [4.78, 5) is 28.4. The number of methoxy groups -OCH3 is 1. The van der Waals surface area contributed by atoms with Crippen LogP contribution in [0.15, 0.2) is 42.5 Å². The van der Waals surface area contributed by atoms with E-state index in [2.05, 4.69) is 30.1 Å². The molecule has 2 rings (SSSR count). The topological polar surface area (TPSA) is 61.9 Å². The summed E-state index contributed by atoms with van der Waals surface area (Å²) in [6, 6.07) is 13.5. The second-order valence-electron chi connectivity index (χ2n) is 6.94. The first-order valence-electron chi connectivity index (χ1n) is 9.91. The number of carbonyl (C=O) groups excluding carboxylic acids is 2. The maximum atomic E-state index is 12.6. The molecule has 156 valence electrons. The number of anilines is 2. The second kappa shape index (κ2) is 10.5. The van der Waals surface area contributed by atoms with Crippen LogP contribution in [-0.2, 0) is 16.1 Å². The molecule has 6 nitrogen and oxygen atoms in total. The minimum atomic E-state index is -0.215. The number of benzene rings is 2. The molecule has 1 N–H and O–H groups in total. The molecule has 0 saturated heterocycles. The summed E-state index contributed by atoms with van der Waals surface area (Å²) in [5, 5.41) is 2.93. The van der Waals surface area contributed by atoms with Crippen molar-refractivity contribution in [3.63, 3.8) is 0 Å². The molecule has 0 unspecified atom stereocenters. The van der Waals surface area contributed by atoms with Gasteiger partial charge in [-0.3, -0.25) is 9.59 Å². The molecule has 0 heterocycles. The molecule has 2 aromatic carbocycles. The van der Waals surface area contributed by atoms with Crippen LogP contribution in [0.1, 0.15) is 31.9 Å². The van der Waals surface area contributed by atoms with Crippen LogP contribution in [0.4, 0.5) is 11.4 Å². The lowest BCUT2D eigenvalue weighted by Gasteiger charge is -2.23. The number of hydrogen-bond donors (Lipinski definition) is 1. The maximum absolute atomic E-state index is 12.6. The predicted molar refractivity (Wildman–Crippen MR) is 117 cm³/mol. The molecule has 0 aliphatic carbocycles. The van der Waals surface area contributed by atoms with Crippen LogP contribution in [0.25, 0.3) is 0 Å². The molecular formula is C23H31N3O3. The smallest absolute Gasteiger partial charge is 0.244 e. The maximum Gasteiger partial charge on any atom is 0.244 e. The summed E-state index contributed by atoms with van der Waals surface area (Å²) in [6.07, 6.45) is 0. The highest BCUT2D eigenvalue weighted by Gasteiger charge is 2.15. The van der Waals surface area contributed by atoms with Gasteiger partial charge in [-0.1, -0.05) is 12.1 Å². The number of nitrogens with one attached hydrogen (secondary N) is 1. The zero-order valence-corrected chi connectivity index (χ0v) is 18.0. The van der Waals surface area contributed by atoms with E-state index in [1.165, 1.54) is 11.8 Å². The van der Waals surface area contributed by atoms with Crippen molar-refractivity contribution < 1.29 is 14.3 Å². The van der Waals surface area contributed by atoms with Crippen LogP contribution in [0.2, 0.25) is 0 Å². The van der Waals surface area contributed by atoms with E-state index in [-0.39, 0.29) is 18.4 Å². The van der Waals surface area contributed by atoms with Crippen molar-refractivity contribution in [2.24, 2.45) is 0 Å². The number of carbonyl (C=O) groups is 2. The minimum absolute atomic E-state index is 0.00139. The Morgan fingerprint density at radius 2 is 1.69 bits per heavy atom. The zero-order chi connectivity index (χ0) is 21.4. The zero-order valence-electron chi connectivity index (χ0n) is 18.0. The normalized spacial score (nSPS) is 10.4. The van der Waals surface area contributed by atoms with Gasteiger partial charge in [0.1, 0.15) is 12.3 Å². The highest BCUT2D eigenvalue weighted by molar-refractivity contribution is 5.95. The Bertz CT molecular complexity index is 830. The molecule has 29 heavy (non-hydrogen) atoms. The van der Waals surface area contributed by atoms with Crippen LogP contribution >= 0.6 is 0 Å². The number of hydrogen-bond acceptors (Lipinski definition) is 4. The second-order valence-corrected chi connectivity index (χ2v) is 6.94. The van der Waals surface area contributed by atoms with Crippen molar-refractivity contribution in [2.45, 2.75) is 34.2 Å². The SMILES string of the molecule is CCN(CC)c1ccc(NC(=O)CN(Cc2ccc(OC)cc2)C(C)=O)c(C)c1. The molecule has 2 amide bonds. The van der Waals surface area contributed by atoms with Crippen LogP contribution in [0, 0.1) is 6.92 Å². The molecule has 0 aliphatic rings. The minimum Gasteiger partial charge on any atom is -0.497 e. The molecular weight excluding hydrogens is 366 g/mol. The van der Waals surface area contributed by atoms with E-state index in [0.717, 1.165) is 41.3 Å². The van der Waals surface area contributed by atoms with Gasteiger partial charge in [-0.2, -0.15) is 0 Å². The Morgan fingerprint density at radius 3 is 2.21 bits per heavy atom. The third-order valence-electron chi connectivity index (χ3n) is 4.92. The van der Waals surface area contributed by atoms with Gasteiger partial charge in [0.25, 0.3) is 0 Å². The summed E-state index contributed by atoms with van der Waals surface area (Å²) >= 11 is 0. The molecule has 0 aliphatic heterocycles. The van der Waals surface area contributed by atoms with Crippen molar-refractivity contribution in [1.82, 2.24) is 4.90 Å². The van der Waals surface area contributed by atoms with Gasteiger partial charge >= 0.3 is 0 Å². The average molecular weight is 398 g/mol. The van der Waals surface area contributed by atoms with Crippen molar-refractivity contribution >= 4 is 23.2 Å². The fourth-order valence-corrected chi connectivity index (χ4v) is 3.17. The van der Waals surface area contributed by atoms with Crippen molar-refractivity contribution in [2.75, 3.05) is 37.0 Å². The van der Waals surface area contributed by atoms with Gasteiger partial charge in [0.05, 0.1) is 7.11 Å². The number of amides is 2. The van der Waals surface area contributed by atoms with E-state index >= 15 is 0 Å². The van der Waals surface area contributed by atoms with Gasteiger partial charge in [-0.05, 0) is 62.2 Å². The predicted octanol–water partition coefficient (Wildman–Crippen LogP) is 3.84. The van der Waals surface area contributed by atoms with Crippen LogP contribution in [0.5, 0.6) is 5.75 Å². The van der Waals surface area contributed by atoms with Crippen LogP contribution in [0.3, 0.4) is 0 Å². The van der Waals surface area contributed by atoms with Crippen molar-refractivity contribution in [1.29, 1.82) is 0 Å². The van der Waals surface area contributed by atoms with Crippen LogP contribution in [-0.4, -0.2) is 43.5 Å². The number of ether oxygens (including phenoxy) is 1. The average Bonchev–Trinajstić information content (AvgIpc) is 2.71. The Balaban J connectivity index is 2.03. The van der Waals surface area contributed by atoms with Gasteiger partial charge in [-0.25, -0.2) is 0 Å². The highest BCUT2D eigenvalue weighted by Crippen LogP contribution is 2.23. The first-order chi connectivity index (χ1) is 13.9. The third-order valence-corrected chi connectivity index (χ3v) is 4.92. The van der Waals surface area contributed by atoms with E-state index in [9.17, 15) is 9.59 Å². The Kier molecular flexibility index (Phi) is 8.07. The lowest BCUT2D eigenvalue weighted by atomic mass is 10.1. The van der Waals surface area contributed by atoms with Crippen molar-refractivity contribution in [3.8, 4) is 5.75 Å². The van der Waals surface area contributed by atoms with E-state index in [1.54, 1.807) is 7.11 Å². The lowest BCUT2D eigenvalue weighted by Crippen LogP contribution is -2.36.